The average Bonchev–Trinajstić information content (AvgIpc) is 2.58. The van der Waals surface area contributed by atoms with Crippen molar-refractivity contribution in [1.82, 2.24) is 0 Å². The molecule has 0 unspecified atom stereocenters. The Labute approximate surface area is 149 Å². The lowest BCUT2D eigenvalue weighted by molar-refractivity contribution is -0.125. The number of carbonyl (C=O) groups is 1. The molecule has 23 heavy (non-hydrogen) atoms. The normalized spacial score (nSPS) is 16.8. The lowest BCUT2D eigenvalue weighted by Gasteiger charge is -2.36. The molecule has 2 aromatic rings. The molecule has 2 aromatic carbocycles. The second-order valence-corrected chi connectivity index (χ2v) is 7.01. The van der Waals surface area contributed by atoms with Crippen LogP contribution in [-0.4, -0.2) is 19.1 Å². The van der Waals surface area contributed by atoms with Gasteiger partial charge < -0.3 is 10.1 Å². The molecule has 0 aliphatic carbocycles. The summed E-state index contributed by atoms with van der Waals surface area (Å²) in [5.74, 6) is 0.00504. The molecule has 0 aromatic heterocycles. The van der Waals surface area contributed by atoms with Crippen molar-refractivity contribution < 1.29 is 9.53 Å². The molecule has 3 nitrogen and oxygen atoms in total. The number of nitrogens with one attached hydrogen (secondary N) is 1. The molecule has 0 bridgehead atoms. The summed E-state index contributed by atoms with van der Waals surface area (Å²) >= 11 is 9.35. The van der Waals surface area contributed by atoms with E-state index >= 15 is 0 Å². The van der Waals surface area contributed by atoms with Gasteiger partial charge in [0.1, 0.15) is 0 Å². The Bertz CT molecular complexity index is 679. The second kappa shape index (κ2) is 7.04. The largest absolute Gasteiger partial charge is 0.381 e. The van der Waals surface area contributed by atoms with Gasteiger partial charge in [0.2, 0.25) is 5.91 Å². The van der Waals surface area contributed by atoms with Crippen molar-refractivity contribution in [1.29, 1.82) is 0 Å². The summed E-state index contributed by atoms with van der Waals surface area (Å²) in [6.45, 7) is 1.17. The zero-order valence-electron chi connectivity index (χ0n) is 12.5. The predicted octanol–water partition coefficient (Wildman–Crippen LogP) is 4.79. The van der Waals surface area contributed by atoms with Crippen LogP contribution in [0.2, 0.25) is 5.02 Å². The van der Waals surface area contributed by atoms with Gasteiger partial charge in [-0.1, -0.05) is 39.7 Å². The van der Waals surface area contributed by atoms with E-state index in [1.807, 2.05) is 36.4 Å². The van der Waals surface area contributed by atoms with E-state index in [1.54, 1.807) is 12.1 Å². The fourth-order valence-corrected chi connectivity index (χ4v) is 3.31. The molecular weight excluding hydrogens is 378 g/mol. The monoisotopic (exact) mass is 393 g/mol. The van der Waals surface area contributed by atoms with Crippen molar-refractivity contribution >= 4 is 39.1 Å². The molecular formula is C18H17BrClNO2. The molecule has 0 spiro atoms. The third-order valence-electron chi connectivity index (χ3n) is 4.28. The summed E-state index contributed by atoms with van der Waals surface area (Å²) < 4.78 is 6.48. The number of benzene rings is 2. The minimum Gasteiger partial charge on any atom is -0.381 e. The van der Waals surface area contributed by atoms with Crippen LogP contribution in [0.3, 0.4) is 0 Å². The van der Waals surface area contributed by atoms with Crippen molar-refractivity contribution in [3.63, 3.8) is 0 Å². The van der Waals surface area contributed by atoms with Gasteiger partial charge in [-0.3, -0.25) is 4.79 Å². The number of halogens is 2. The van der Waals surface area contributed by atoms with Gasteiger partial charge in [-0.2, -0.15) is 0 Å². The van der Waals surface area contributed by atoms with Crippen LogP contribution in [0.1, 0.15) is 18.4 Å². The van der Waals surface area contributed by atoms with Crippen LogP contribution in [0, 0.1) is 0 Å². The van der Waals surface area contributed by atoms with Gasteiger partial charge >= 0.3 is 0 Å². The summed E-state index contributed by atoms with van der Waals surface area (Å²) in [6, 6.07) is 15.1. The number of amides is 1. The lowest BCUT2D eigenvalue weighted by atomic mass is 9.73. The van der Waals surface area contributed by atoms with Gasteiger partial charge in [-0.25, -0.2) is 0 Å². The Kier molecular flexibility index (Phi) is 5.05. The summed E-state index contributed by atoms with van der Waals surface area (Å²) in [4.78, 5) is 13.0. The maximum atomic E-state index is 13.0. The third-order valence-corrected chi connectivity index (χ3v) is 5.06. The topological polar surface area (TPSA) is 38.3 Å². The smallest absolute Gasteiger partial charge is 0.235 e. The zero-order valence-corrected chi connectivity index (χ0v) is 14.9. The molecule has 5 heteroatoms. The van der Waals surface area contributed by atoms with E-state index in [2.05, 4.69) is 21.2 Å². The van der Waals surface area contributed by atoms with Gasteiger partial charge in [0, 0.05) is 28.4 Å². The van der Waals surface area contributed by atoms with E-state index in [0.29, 0.717) is 31.1 Å². The molecule has 1 N–H and O–H groups in total. The van der Waals surface area contributed by atoms with E-state index < -0.39 is 5.41 Å². The zero-order chi connectivity index (χ0) is 16.3. The van der Waals surface area contributed by atoms with E-state index in [0.717, 1.165) is 15.7 Å². The first-order chi connectivity index (χ1) is 11.1. The Balaban J connectivity index is 1.90. The minimum atomic E-state index is -0.557. The number of carbonyl (C=O) groups excluding carboxylic acids is 1. The molecule has 0 saturated carbocycles. The summed E-state index contributed by atoms with van der Waals surface area (Å²) in [7, 11) is 0. The molecule has 1 saturated heterocycles. The van der Waals surface area contributed by atoms with E-state index in [9.17, 15) is 4.79 Å². The van der Waals surface area contributed by atoms with Crippen molar-refractivity contribution in [3.05, 3.63) is 63.6 Å². The first-order valence-electron chi connectivity index (χ1n) is 7.51. The van der Waals surface area contributed by atoms with Crippen molar-refractivity contribution in [2.75, 3.05) is 18.5 Å². The number of ether oxygens (including phenoxy) is 1. The van der Waals surface area contributed by atoms with Crippen LogP contribution in [0.15, 0.2) is 53.0 Å². The predicted molar refractivity (Wildman–Crippen MR) is 96.0 cm³/mol. The first kappa shape index (κ1) is 16.5. The lowest BCUT2D eigenvalue weighted by Crippen LogP contribution is -2.44. The van der Waals surface area contributed by atoms with Crippen LogP contribution in [0.25, 0.3) is 0 Å². The first-order valence-corrected chi connectivity index (χ1v) is 8.68. The number of hydrogen-bond donors (Lipinski definition) is 1. The minimum absolute atomic E-state index is 0.00504. The molecule has 1 heterocycles. The highest BCUT2D eigenvalue weighted by molar-refractivity contribution is 9.10. The Morgan fingerprint density at radius 2 is 1.65 bits per heavy atom. The quantitative estimate of drug-likeness (QED) is 0.813. The highest BCUT2D eigenvalue weighted by Crippen LogP contribution is 2.36. The number of hydrogen-bond acceptors (Lipinski definition) is 2. The molecule has 1 fully saturated rings. The molecule has 3 rings (SSSR count). The van der Waals surface area contributed by atoms with Gasteiger partial charge in [0.25, 0.3) is 0 Å². The Hall–Kier alpha value is -1.36. The highest BCUT2D eigenvalue weighted by Gasteiger charge is 2.41. The van der Waals surface area contributed by atoms with E-state index in [4.69, 9.17) is 16.3 Å². The van der Waals surface area contributed by atoms with Gasteiger partial charge in [0.05, 0.1) is 5.41 Å². The molecule has 1 amide bonds. The van der Waals surface area contributed by atoms with Crippen molar-refractivity contribution in [2.24, 2.45) is 0 Å². The van der Waals surface area contributed by atoms with Crippen LogP contribution in [-0.2, 0) is 14.9 Å². The van der Waals surface area contributed by atoms with Crippen molar-refractivity contribution in [2.45, 2.75) is 18.3 Å². The van der Waals surface area contributed by atoms with Crippen LogP contribution in [0.4, 0.5) is 5.69 Å². The Morgan fingerprint density at radius 1 is 1.04 bits per heavy atom. The summed E-state index contributed by atoms with van der Waals surface area (Å²) in [5, 5.41) is 3.68. The second-order valence-electron chi connectivity index (χ2n) is 5.66. The third kappa shape index (κ3) is 3.60. The van der Waals surface area contributed by atoms with Crippen molar-refractivity contribution in [3.8, 4) is 0 Å². The summed E-state index contributed by atoms with van der Waals surface area (Å²) in [5.41, 5.74) is 1.22. The molecule has 0 atom stereocenters. The molecule has 1 aliphatic heterocycles. The fourth-order valence-electron chi connectivity index (χ4n) is 2.92. The molecule has 1 aliphatic rings. The molecule has 0 radical (unpaired) electrons. The van der Waals surface area contributed by atoms with E-state index in [-0.39, 0.29) is 5.91 Å². The average molecular weight is 395 g/mol. The van der Waals surface area contributed by atoms with Gasteiger partial charge in [-0.05, 0) is 54.8 Å². The van der Waals surface area contributed by atoms with Crippen LogP contribution < -0.4 is 5.32 Å². The fraction of sp³-hybridized carbons (Fsp3) is 0.278. The number of rotatable bonds is 3. The van der Waals surface area contributed by atoms with Crippen LogP contribution >= 0.6 is 27.5 Å². The highest BCUT2D eigenvalue weighted by atomic mass is 79.9. The van der Waals surface area contributed by atoms with Crippen LogP contribution in [0.5, 0.6) is 0 Å². The standard InChI is InChI=1S/C18H17BrClNO2/c19-14-3-1-13(2-4-14)18(9-11-23-12-10-18)17(22)21-16-7-5-15(20)6-8-16/h1-8H,9-12H2,(H,21,22). The van der Waals surface area contributed by atoms with E-state index in [1.165, 1.54) is 0 Å². The maximum Gasteiger partial charge on any atom is 0.235 e. The Morgan fingerprint density at radius 3 is 2.26 bits per heavy atom. The molecule has 120 valence electrons. The van der Waals surface area contributed by atoms with Gasteiger partial charge in [0.15, 0.2) is 0 Å². The maximum absolute atomic E-state index is 13.0. The SMILES string of the molecule is O=C(Nc1ccc(Cl)cc1)C1(c2ccc(Br)cc2)CCOCC1. The number of anilines is 1. The summed E-state index contributed by atoms with van der Waals surface area (Å²) in [6.07, 6.45) is 1.35. The van der Waals surface area contributed by atoms with Gasteiger partial charge in [-0.15, -0.1) is 0 Å².